The predicted octanol–water partition coefficient (Wildman–Crippen LogP) is 4.51. The zero-order valence-electron chi connectivity index (χ0n) is 19.9. The number of halogens is 1. The summed E-state index contributed by atoms with van der Waals surface area (Å²) in [5.74, 6) is -1.09. The first-order chi connectivity index (χ1) is 16.9. The summed E-state index contributed by atoms with van der Waals surface area (Å²) in [6, 6.07) is 19.3. The van der Waals surface area contributed by atoms with Crippen LogP contribution < -0.4 is 15.3 Å². The second kappa shape index (κ2) is 10.6. The molecule has 3 aromatic rings. The van der Waals surface area contributed by atoms with Crippen molar-refractivity contribution in [2.75, 3.05) is 36.0 Å². The topological polar surface area (TPSA) is 76.1 Å². The first-order valence-corrected chi connectivity index (χ1v) is 11.5. The number of aryl methyl sites for hydroxylation is 2. The van der Waals surface area contributed by atoms with Crippen molar-refractivity contribution in [3.63, 3.8) is 0 Å². The van der Waals surface area contributed by atoms with Gasteiger partial charge < -0.3 is 9.80 Å². The van der Waals surface area contributed by atoms with E-state index in [1.165, 1.54) is 16.5 Å². The number of rotatable bonds is 5. The minimum Gasteiger partial charge on any atom is -0.368 e. The molecule has 35 heavy (non-hydrogen) atoms. The van der Waals surface area contributed by atoms with Crippen LogP contribution in [0.2, 0.25) is 0 Å². The Hall–Kier alpha value is -3.91. The molecule has 1 saturated heterocycles. The number of amides is 3. The van der Waals surface area contributed by atoms with Crippen molar-refractivity contribution in [1.82, 2.24) is 10.4 Å². The van der Waals surface area contributed by atoms with Crippen LogP contribution in [0.4, 0.5) is 20.6 Å². The third-order valence-corrected chi connectivity index (χ3v) is 6.23. The SMILES string of the molecule is Cc1ccc(N2CCN(C(=O)N(Cc3ccc(C(=O)NO)cc3)c3ccc(C)cc3F)CC2)cc1. The number of hydroxylamine groups is 1. The molecular formula is C27H29FN4O3. The van der Waals surface area contributed by atoms with Crippen molar-refractivity contribution < 1.29 is 19.2 Å². The zero-order chi connectivity index (χ0) is 24.9. The van der Waals surface area contributed by atoms with E-state index in [1.807, 2.05) is 6.92 Å². The third-order valence-electron chi connectivity index (χ3n) is 6.23. The van der Waals surface area contributed by atoms with E-state index in [4.69, 9.17) is 5.21 Å². The molecule has 0 atom stereocenters. The molecule has 0 saturated carbocycles. The molecule has 0 spiro atoms. The van der Waals surface area contributed by atoms with E-state index >= 15 is 0 Å². The average Bonchev–Trinajstić information content (AvgIpc) is 2.88. The van der Waals surface area contributed by atoms with Crippen molar-refractivity contribution in [2.45, 2.75) is 20.4 Å². The lowest BCUT2D eigenvalue weighted by molar-refractivity contribution is 0.0706. The first-order valence-electron chi connectivity index (χ1n) is 11.5. The zero-order valence-corrected chi connectivity index (χ0v) is 19.9. The maximum absolute atomic E-state index is 15.0. The number of benzene rings is 3. The van der Waals surface area contributed by atoms with Crippen LogP contribution in [0.5, 0.6) is 0 Å². The lowest BCUT2D eigenvalue weighted by Gasteiger charge is -2.38. The summed E-state index contributed by atoms with van der Waals surface area (Å²) in [5.41, 5.74) is 5.90. The fourth-order valence-corrected chi connectivity index (χ4v) is 4.18. The number of nitrogens with zero attached hydrogens (tertiary/aromatic N) is 3. The van der Waals surface area contributed by atoms with Crippen LogP contribution in [0.25, 0.3) is 0 Å². The number of anilines is 2. The second-order valence-corrected chi connectivity index (χ2v) is 8.77. The standard InChI is InChI=1S/C27H29FN4O3/c1-19-3-10-23(11-4-19)30-13-15-31(16-14-30)27(34)32(25-12-5-20(2)17-24(25)28)18-21-6-8-22(9-7-21)26(33)29-35/h3-12,17,35H,13-16,18H2,1-2H3,(H,29,33). The van der Waals surface area contributed by atoms with E-state index < -0.39 is 11.7 Å². The van der Waals surface area contributed by atoms with Gasteiger partial charge in [-0.05, 0) is 61.4 Å². The van der Waals surface area contributed by atoms with Gasteiger partial charge in [0.25, 0.3) is 5.91 Å². The van der Waals surface area contributed by atoms with E-state index in [2.05, 4.69) is 29.2 Å². The van der Waals surface area contributed by atoms with Crippen LogP contribution in [0, 0.1) is 19.7 Å². The Balaban J connectivity index is 1.53. The minimum atomic E-state index is -0.625. The van der Waals surface area contributed by atoms with Gasteiger partial charge in [-0.3, -0.25) is 14.9 Å². The summed E-state index contributed by atoms with van der Waals surface area (Å²) in [6.45, 7) is 6.40. The highest BCUT2D eigenvalue weighted by Gasteiger charge is 2.28. The molecule has 4 rings (SSSR count). The Bertz CT molecular complexity index is 1190. The van der Waals surface area contributed by atoms with Gasteiger partial charge in [-0.25, -0.2) is 14.7 Å². The van der Waals surface area contributed by atoms with Gasteiger partial charge >= 0.3 is 6.03 Å². The summed E-state index contributed by atoms with van der Waals surface area (Å²) >= 11 is 0. The highest BCUT2D eigenvalue weighted by Crippen LogP contribution is 2.25. The summed E-state index contributed by atoms with van der Waals surface area (Å²) in [4.78, 5) is 30.7. The van der Waals surface area contributed by atoms with Gasteiger partial charge in [-0.2, -0.15) is 0 Å². The maximum atomic E-state index is 15.0. The molecule has 3 aromatic carbocycles. The molecule has 0 aliphatic carbocycles. The van der Waals surface area contributed by atoms with E-state index in [0.29, 0.717) is 26.2 Å². The smallest absolute Gasteiger partial charge is 0.325 e. The summed E-state index contributed by atoms with van der Waals surface area (Å²) in [7, 11) is 0. The van der Waals surface area contributed by atoms with Crippen molar-refractivity contribution in [3.05, 3.63) is 94.8 Å². The Kier molecular flexibility index (Phi) is 7.31. The van der Waals surface area contributed by atoms with Crippen LogP contribution >= 0.6 is 0 Å². The summed E-state index contributed by atoms with van der Waals surface area (Å²) in [5, 5.41) is 8.82. The highest BCUT2D eigenvalue weighted by atomic mass is 19.1. The summed E-state index contributed by atoms with van der Waals surface area (Å²) in [6.07, 6.45) is 0. The van der Waals surface area contributed by atoms with Crippen LogP contribution in [-0.2, 0) is 6.54 Å². The number of carbonyl (C=O) groups is 2. The molecule has 2 N–H and O–H groups in total. The van der Waals surface area contributed by atoms with Crippen molar-refractivity contribution in [1.29, 1.82) is 0 Å². The fourth-order valence-electron chi connectivity index (χ4n) is 4.18. The van der Waals surface area contributed by atoms with Crippen LogP contribution in [0.1, 0.15) is 27.0 Å². The van der Waals surface area contributed by atoms with Gasteiger partial charge in [0.05, 0.1) is 12.2 Å². The predicted molar refractivity (Wildman–Crippen MR) is 133 cm³/mol. The Morgan fingerprint density at radius 2 is 1.54 bits per heavy atom. The number of urea groups is 1. The molecule has 7 nitrogen and oxygen atoms in total. The lowest BCUT2D eigenvalue weighted by atomic mass is 10.1. The molecule has 0 radical (unpaired) electrons. The first kappa shape index (κ1) is 24.2. The number of hydrogen-bond acceptors (Lipinski definition) is 4. The molecule has 182 valence electrons. The molecule has 1 heterocycles. The third kappa shape index (κ3) is 5.60. The number of nitrogens with one attached hydrogen (secondary N) is 1. The normalized spacial score (nSPS) is 13.5. The second-order valence-electron chi connectivity index (χ2n) is 8.77. The Labute approximate surface area is 204 Å². The molecule has 0 bridgehead atoms. The largest absolute Gasteiger partial charge is 0.368 e. The Morgan fingerprint density at radius 1 is 0.914 bits per heavy atom. The number of piperazine rings is 1. The lowest BCUT2D eigenvalue weighted by Crippen LogP contribution is -2.53. The molecule has 1 fully saturated rings. The van der Waals surface area contributed by atoms with E-state index in [1.54, 1.807) is 53.7 Å². The molecule has 3 amide bonds. The van der Waals surface area contributed by atoms with Gasteiger partial charge in [0.15, 0.2) is 0 Å². The van der Waals surface area contributed by atoms with Crippen LogP contribution in [0.3, 0.4) is 0 Å². The number of carbonyl (C=O) groups excluding carboxylic acids is 2. The summed E-state index contributed by atoms with van der Waals surface area (Å²) < 4.78 is 15.0. The van der Waals surface area contributed by atoms with Gasteiger partial charge in [0, 0.05) is 37.4 Å². The van der Waals surface area contributed by atoms with Crippen molar-refractivity contribution in [2.24, 2.45) is 0 Å². The average molecular weight is 477 g/mol. The van der Waals surface area contributed by atoms with Crippen LogP contribution in [0.15, 0.2) is 66.7 Å². The fraction of sp³-hybridized carbons (Fsp3) is 0.259. The molecular weight excluding hydrogens is 447 g/mol. The molecule has 1 aliphatic heterocycles. The number of hydrogen-bond donors (Lipinski definition) is 2. The molecule has 1 aliphatic rings. The maximum Gasteiger partial charge on any atom is 0.325 e. The van der Waals surface area contributed by atoms with Gasteiger partial charge in [0.2, 0.25) is 0 Å². The van der Waals surface area contributed by atoms with Gasteiger partial charge in [-0.1, -0.05) is 35.9 Å². The molecule has 0 aromatic heterocycles. The molecule has 8 heteroatoms. The highest BCUT2D eigenvalue weighted by molar-refractivity contribution is 5.94. The quantitative estimate of drug-likeness (QED) is 0.420. The van der Waals surface area contributed by atoms with E-state index in [0.717, 1.165) is 16.8 Å². The van der Waals surface area contributed by atoms with Gasteiger partial charge in [0.1, 0.15) is 5.82 Å². The van der Waals surface area contributed by atoms with Crippen molar-refractivity contribution in [3.8, 4) is 0 Å². The monoisotopic (exact) mass is 476 g/mol. The molecule has 0 unspecified atom stereocenters. The Morgan fingerprint density at radius 3 is 2.14 bits per heavy atom. The minimum absolute atomic E-state index is 0.137. The van der Waals surface area contributed by atoms with Gasteiger partial charge in [-0.15, -0.1) is 0 Å². The van der Waals surface area contributed by atoms with E-state index in [-0.39, 0.29) is 23.8 Å². The van der Waals surface area contributed by atoms with E-state index in [9.17, 15) is 14.0 Å². The van der Waals surface area contributed by atoms with Crippen LogP contribution in [-0.4, -0.2) is 48.2 Å². The van der Waals surface area contributed by atoms with Crippen molar-refractivity contribution >= 4 is 23.3 Å².